The van der Waals surface area contributed by atoms with E-state index in [4.69, 9.17) is 0 Å². The van der Waals surface area contributed by atoms with Gasteiger partial charge in [-0.2, -0.15) is 24.9 Å². The Hall–Kier alpha value is -0.680. The zero-order valence-corrected chi connectivity index (χ0v) is 11.5. The summed E-state index contributed by atoms with van der Waals surface area (Å²) >= 11 is 1.82. The summed E-state index contributed by atoms with van der Waals surface area (Å²) in [5.41, 5.74) is 0.395. The van der Waals surface area contributed by atoms with Crippen LogP contribution in [0.15, 0.2) is 24.3 Å². The monoisotopic (exact) mass is 289 g/mol. The van der Waals surface area contributed by atoms with Crippen molar-refractivity contribution in [2.75, 3.05) is 18.8 Å². The van der Waals surface area contributed by atoms with E-state index in [0.717, 1.165) is 36.1 Å². The van der Waals surface area contributed by atoms with Crippen LogP contribution in [-0.2, 0) is 11.9 Å². The average molecular weight is 289 g/mol. The van der Waals surface area contributed by atoms with Crippen LogP contribution in [0.2, 0.25) is 0 Å². The molecule has 1 aliphatic rings. The molecule has 1 N–H and O–H groups in total. The Balaban J connectivity index is 1.76. The van der Waals surface area contributed by atoms with Crippen LogP contribution >= 0.6 is 11.8 Å². The molecular weight excluding hydrogens is 271 g/mol. The van der Waals surface area contributed by atoms with Crippen molar-refractivity contribution < 1.29 is 13.2 Å². The fourth-order valence-electron chi connectivity index (χ4n) is 2.18. The zero-order valence-electron chi connectivity index (χ0n) is 10.7. The third-order valence-electron chi connectivity index (χ3n) is 3.36. The smallest absolute Gasteiger partial charge is 0.317 e. The number of benzene rings is 1. The van der Waals surface area contributed by atoms with Crippen molar-refractivity contribution in [1.82, 2.24) is 5.32 Å². The molecule has 0 radical (unpaired) electrons. The molecule has 1 fully saturated rings. The van der Waals surface area contributed by atoms with Crippen molar-refractivity contribution in [1.29, 1.82) is 0 Å². The minimum atomic E-state index is -4.24. The number of piperidine rings is 1. The number of hydrogen-bond donors (Lipinski definition) is 1. The molecule has 2 rings (SSSR count). The van der Waals surface area contributed by atoms with Gasteiger partial charge in [-0.1, -0.05) is 12.1 Å². The van der Waals surface area contributed by atoms with Crippen LogP contribution in [0.1, 0.15) is 24.0 Å². The molecule has 106 valence electrons. The Labute approximate surface area is 116 Å². The molecular formula is C14H18F3NS. The summed E-state index contributed by atoms with van der Waals surface area (Å²) in [5, 5.41) is 3.33. The van der Waals surface area contributed by atoms with Gasteiger partial charge in [-0.3, -0.25) is 0 Å². The first-order chi connectivity index (χ1) is 9.05. The lowest BCUT2D eigenvalue weighted by Crippen LogP contribution is -2.28. The second-order valence-corrected chi connectivity index (χ2v) is 5.93. The first-order valence-corrected chi connectivity index (χ1v) is 7.66. The molecule has 19 heavy (non-hydrogen) atoms. The molecule has 0 amide bonds. The summed E-state index contributed by atoms with van der Waals surface area (Å²) in [5.74, 6) is 2.64. The quantitative estimate of drug-likeness (QED) is 0.901. The first-order valence-electron chi connectivity index (χ1n) is 6.50. The standard InChI is InChI=1S/C14H18F3NS/c15-14(16,17)13-3-1-11(2-4-13)9-19-10-12-5-7-18-8-6-12/h1-4,12,18H,5-10H2. The molecule has 1 nitrogen and oxygen atoms in total. The lowest BCUT2D eigenvalue weighted by molar-refractivity contribution is -0.137. The lowest BCUT2D eigenvalue weighted by atomic mass is 10.0. The van der Waals surface area contributed by atoms with Crippen molar-refractivity contribution in [2.45, 2.75) is 24.8 Å². The minimum Gasteiger partial charge on any atom is -0.317 e. The van der Waals surface area contributed by atoms with Crippen molar-refractivity contribution in [3.63, 3.8) is 0 Å². The molecule has 5 heteroatoms. The highest BCUT2D eigenvalue weighted by atomic mass is 32.2. The van der Waals surface area contributed by atoms with Gasteiger partial charge in [0.25, 0.3) is 0 Å². The van der Waals surface area contributed by atoms with Crippen LogP contribution in [0.4, 0.5) is 13.2 Å². The molecule has 1 aromatic carbocycles. The lowest BCUT2D eigenvalue weighted by Gasteiger charge is -2.22. The predicted octanol–water partition coefficient (Wildman–Crippen LogP) is 3.94. The van der Waals surface area contributed by atoms with E-state index in [1.807, 2.05) is 11.8 Å². The molecule has 0 saturated carbocycles. The van der Waals surface area contributed by atoms with Gasteiger partial charge in [0.2, 0.25) is 0 Å². The largest absolute Gasteiger partial charge is 0.416 e. The minimum absolute atomic E-state index is 0.570. The van der Waals surface area contributed by atoms with Gasteiger partial charge in [-0.15, -0.1) is 0 Å². The number of halogens is 3. The van der Waals surface area contributed by atoms with Gasteiger partial charge >= 0.3 is 6.18 Å². The van der Waals surface area contributed by atoms with Crippen LogP contribution in [0.3, 0.4) is 0 Å². The maximum Gasteiger partial charge on any atom is 0.416 e. The normalized spacial score (nSPS) is 17.6. The van der Waals surface area contributed by atoms with Crippen LogP contribution < -0.4 is 5.32 Å². The number of nitrogens with one attached hydrogen (secondary N) is 1. The Kier molecular flexibility index (Phi) is 5.16. The van der Waals surface area contributed by atoms with E-state index in [1.54, 1.807) is 12.1 Å². The number of alkyl halides is 3. The third-order valence-corrected chi connectivity index (χ3v) is 4.61. The average Bonchev–Trinajstić information content (AvgIpc) is 2.39. The van der Waals surface area contributed by atoms with E-state index in [2.05, 4.69) is 5.32 Å². The Morgan fingerprint density at radius 3 is 2.32 bits per heavy atom. The molecule has 0 atom stereocenters. The first kappa shape index (κ1) is 14.7. The fourth-order valence-corrected chi connectivity index (χ4v) is 3.39. The molecule has 0 spiro atoms. The van der Waals surface area contributed by atoms with E-state index in [0.29, 0.717) is 0 Å². The Bertz CT molecular complexity index is 383. The van der Waals surface area contributed by atoms with E-state index < -0.39 is 11.7 Å². The Morgan fingerprint density at radius 1 is 1.11 bits per heavy atom. The van der Waals surface area contributed by atoms with Crippen LogP contribution in [0.5, 0.6) is 0 Å². The fraction of sp³-hybridized carbons (Fsp3) is 0.571. The second-order valence-electron chi connectivity index (χ2n) is 4.90. The van der Waals surface area contributed by atoms with Crippen LogP contribution in [0.25, 0.3) is 0 Å². The number of rotatable bonds is 4. The number of thioether (sulfide) groups is 1. The summed E-state index contributed by atoms with van der Waals surface area (Å²) in [4.78, 5) is 0. The van der Waals surface area contributed by atoms with Gasteiger partial charge in [0.05, 0.1) is 5.56 Å². The highest BCUT2D eigenvalue weighted by molar-refractivity contribution is 7.98. The predicted molar refractivity (Wildman–Crippen MR) is 73.2 cm³/mol. The van der Waals surface area contributed by atoms with E-state index in [1.165, 1.54) is 25.0 Å². The molecule has 1 heterocycles. The summed E-state index contributed by atoms with van der Waals surface area (Å²) < 4.78 is 37.2. The molecule has 1 saturated heterocycles. The van der Waals surface area contributed by atoms with Gasteiger partial charge in [-0.25, -0.2) is 0 Å². The van der Waals surface area contributed by atoms with Crippen molar-refractivity contribution in [3.8, 4) is 0 Å². The summed E-state index contributed by atoms with van der Waals surface area (Å²) in [6.07, 6.45) is -1.82. The highest BCUT2D eigenvalue weighted by Gasteiger charge is 2.29. The van der Waals surface area contributed by atoms with Gasteiger partial charge < -0.3 is 5.32 Å². The third kappa shape index (κ3) is 4.73. The molecule has 0 aromatic heterocycles. The van der Waals surface area contributed by atoms with Crippen LogP contribution in [-0.4, -0.2) is 18.8 Å². The second kappa shape index (κ2) is 6.66. The van der Waals surface area contributed by atoms with Crippen LogP contribution in [0, 0.1) is 5.92 Å². The van der Waals surface area contributed by atoms with Crippen molar-refractivity contribution >= 4 is 11.8 Å². The summed E-state index contributed by atoms with van der Waals surface area (Å²) in [6.45, 7) is 2.18. The van der Waals surface area contributed by atoms with Gasteiger partial charge in [-0.05, 0) is 55.3 Å². The molecule has 1 aliphatic heterocycles. The van der Waals surface area contributed by atoms with Gasteiger partial charge in [0.1, 0.15) is 0 Å². The van der Waals surface area contributed by atoms with Gasteiger partial charge in [0, 0.05) is 5.75 Å². The molecule has 1 aromatic rings. The maximum atomic E-state index is 12.4. The number of hydrogen-bond acceptors (Lipinski definition) is 2. The Morgan fingerprint density at radius 2 is 1.74 bits per heavy atom. The molecule has 0 bridgehead atoms. The van der Waals surface area contributed by atoms with E-state index in [9.17, 15) is 13.2 Å². The molecule has 0 unspecified atom stereocenters. The highest BCUT2D eigenvalue weighted by Crippen LogP contribution is 2.29. The molecule has 0 aliphatic carbocycles. The maximum absolute atomic E-state index is 12.4. The summed E-state index contributed by atoms with van der Waals surface area (Å²) in [7, 11) is 0. The van der Waals surface area contributed by atoms with E-state index >= 15 is 0 Å². The zero-order chi connectivity index (χ0) is 13.7. The SMILES string of the molecule is FC(F)(F)c1ccc(CSCC2CCNCC2)cc1. The van der Waals surface area contributed by atoms with Crippen molar-refractivity contribution in [2.24, 2.45) is 5.92 Å². The summed E-state index contributed by atoms with van der Waals surface area (Å²) in [6, 6.07) is 5.50. The van der Waals surface area contributed by atoms with E-state index in [-0.39, 0.29) is 0 Å². The topological polar surface area (TPSA) is 12.0 Å². The van der Waals surface area contributed by atoms with Gasteiger partial charge in [0.15, 0.2) is 0 Å². The van der Waals surface area contributed by atoms with Crippen molar-refractivity contribution in [3.05, 3.63) is 35.4 Å².